The van der Waals surface area contributed by atoms with Gasteiger partial charge in [-0.3, -0.25) is 0 Å². The molecule has 0 radical (unpaired) electrons. The number of benzene rings is 1. The van der Waals surface area contributed by atoms with Crippen molar-refractivity contribution in [3.05, 3.63) is 24.3 Å². The van der Waals surface area contributed by atoms with E-state index in [-0.39, 0.29) is 12.1 Å². The molecule has 0 spiro atoms. The first-order valence-electron chi connectivity index (χ1n) is 5.97. The van der Waals surface area contributed by atoms with Crippen LogP contribution in [0.5, 0.6) is 11.5 Å². The molecule has 16 heavy (non-hydrogen) atoms. The Labute approximate surface area is 95.5 Å². The molecule has 2 atom stereocenters. The van der Waals surface area contributed by atoms with Crippen LogP contribution in [0.1, 0.15) is 19.3 Å². The third-order valence-corrected chi connectivity index (χ3v) is 3.31. The summed E-state index contributed by atoms with van der Waals surface area (Å²) < 4.78 is 11.5. The van der Waals surface area contributed by atoms with Crippen LogP contribution in [0.2, 0.25) is 0 Å². The lowest BCUT2D eigenvalue weighted by Crippen LogP contribution is -2.45. The highest BCUT2D eigenvalue weighted by Gasteiger charge is 2.31. The van der Waals surface area contributed by atoms with E-state index in [0.717, 1.165) is 23.8 Å². The molecule has 2 unspecified atom stereocenters. The Morgan fingerprint density at radius 1 is 1.25 bits per heavy atom. The molecule has 1 aliphatic heterocycles. The van der Waals surface area contributed by atoms with Gasteiger partial charge in [-0.2, -0.15) is 0 Å². The van der Waals surface area contributed by atoms with Gasteiger partial charge in [-0.1, -0.05) is 25.0 Å². The molecule has 1 aromatic carbocycles. The van der Waals surface area contributed by atoms with Gasteiger partial charge in [0, 0.05) is 6.04 Å². The maximum atomic E-state index is 6.14. The summed E-state index contributed by atoms with van der Waals surface area (Å²) in [6.45, 7) is 0.574. The van der Waals surface area contributed by atoms with Gasteiger partial charge < -0.3 is 15.2 Å². The fraction of sp³-hybridized carbons (Fsp3) is 0.538. The summed E-state index contributed by atoms with van der Waals surface area (Å²) in [5, 5.41) is 0. The Hall–Kier alpha value is -1.22. The van der Waals surface area contributed by atoms with E-state index < -0.39 is 0 Å². The first-order valence-corrected chi connectivity index (χ1v) is 5.97. The molecule has 0 aromatic heterocycles. The standard InChI is InChI=1S/C13H17NO2/c14-10(7-9-5-6-9)13-8-15-11-3-1-2-4-12(11)16-13/h1-4,9-10,13H,5-8,14H2. The first-order chi connectivity index (χ1) is 7.83. The highest BCUT2D eigenvalue weighted by molar-refractivity contribution is 5.40. The Balaban J connectivity index is 1.67. The van der Waals surface area contributed by atoms with Gasteiger partial charge in [-0.05, 0) is 24.5 Å². The number of hydrogen-bond donors (Lipinski definition) is 1. The van der Waals surface area contributed by atoms with Gasteiger partial charge in [0.15, 0.2) is 11.5 Å². The maximum absolute atomic E-state index is 6.14. The van der Waals surface area contributed by atoms with Crippen molar-refractivity contribution in [2.45, 2.75) is 31.4 Å². The van der Waals surface area contributed by atoms with Crippen molar-refractivity contribution in [3.63, 3.8) is 0 Å². The summed E-state index contributed by atoms with van der Waals surface area (Å²) >= 11 is 0. The second-order valence-electron chi connectivity index (χ2n) is 4.76. The molecule has 1 aromatic rings. The number of fused-ring (bicyclic) bond motifs is 1. The lowest BCUT2D eigenvalue weighted by molar-refractivity contribution is 0.0687. The zero-order valence-corrected chi connectivity index (χ0v) is 9.26. The van der Waals surface area contributed by atoms with Gasteiger partial charge in [0.1, 0.15) is 12.7 Å². The maximum Gasteiger partial charge on any atom is 0.161 e. The monoisotopic (exact) mass is 219 g/mol. The number of para-hydroxylation sites is 2. The van der Waals surface area contributed by atoms with Crippen molar-refractivity contribution in [1.29, 1.82) is 0 Å². The Bertz CT molecular complexity index is 376. The van der Waals surface area contributed by atoms with Gasteiger partial charge in [-0.15, -0.1) is 0 Å². The lowest BCUT2D eigenvalue weighted by Gasteiger charge is -2.30. The molecule has 0 saturated heterocycles. The molecule has 1 saturated carbocycles. The van der Waals surface area contributed by atoms with Crippen LogP contribution in [0, 0.1) is 5.92 Å². The average molecular weight is 219 g/mol. The van der Waals surface area contributed by atoms with E-state index in [1.165, 1.54) is 12.8 Å². The minimum Gasteiger partial charge on any atom is -0.486 e. The molecule has 3 heteroatoms. The lowest BCUT2D eigenvalue weighted by atomic mass is 10.1. The van der Waals surface area contributed by atoms with Crippen LogP contribution in [0.4, 0.5) is 0 Å². The second kappa shape index (κ2) is 3.98. The van der Waals surface area contributed by atoms with Crippen molar-refractivity contribution in [1.82, 2.24) is 0 Å². The zero-order chi connectivity index (χ0) is 11.0. The Morgan fingerprint density at radius 2 is 2.00 bits per heavy atom. The summed E-state index contributed by atoms with van der Waals surface area (Å²) in [5.74, 6) is 2.48. The van der Waals surface area contributed by atoms with E-state index >= 15 is 0 Å². The van der Waals surface area contributed by atoms with E-state index in [9.17, 15) is 0 Å². The minimum atomic E-state index is 0.00972. The van der Waals surface area contributed by atoms with Gasteiger partial charge in [0.05, 0.1) is 0 Å². The summed E-state index contributed by atoms with van der Waals surface area (Å²) in [7, 11) is 0. The van der Waals surface area contributed by atoms with E-state index in [0.29, 0.717) is 6.61 Å². The number of nitrogens with two attached hydrogens (primary N) is 1. The van der Waals surface area contributed by atoms with E-state index in [2.05, 4.69) is 0 Å². The molecular formula is C13H17NO2. The summed E-state index contributed by atoms with van der Waals surface area (Å²) in [5.41, 5.74) is 6.14. The predicted molar refractivity (Wildman–Crippen MR) is 61.7 cm³/mol. The molecule has 1 heterocycles. The van der Waals surface area contributed by atoms with Crippen LogP contribution in [0.3, 0.4) is 0 Å². The largest absolute Gasteiger partial charge is 0.486 e. The number of rotatable bonds is 3. The normalized spacial score (nSPS) is 25.2. The van der Waals surface area contributed by atoms with Crippen molar-refractivity contribution in [2.75, 3.05) is 6.61 Å². The Morgan fingerprint density at radius 3 is 2.75 bits per heavy atom. The van der Waals surface area contributed by atoms with Gasteiger partial charge in [-0.25, -0.2) is 0 Å². The van der Waals surface area contributed by atoms with Crippen LogP contribution in [0.25, 0.3) is 0 Å². The quantitative estimate of drug-likeness (QED) is 0.845. The van der Waals surface area contributed by atoms with E-state index in [1.54, 1.807) is 0 Å². The molecule has 2 aliphatic rings. The van der Waals surface area contributed by atoms with Crippen LogP contribution in [-0.4, -0.2) is 18.8 Å². The SMILES string of the molecule is NC(CC1CC1)C1COc2ccccc2O1. The molecule has 1 fully saturated rings. The van der Waals surface area contributed by atoms with Gasteiger partial charge in [0.2, 0.25) is 0 Å². The molecule has 2 N–H and O–H groups in total. The Kier molecular flexibility index (Phi) is 2.48. The number of hydrogen-bond acceptors (Lipinski definition) is 3. The van der Waals surface area contributed by atoms with Crippen molar-refractivity contribution < 1.29 is 9.47 Å². The molecule has 86 valence electrons. The molecule has 0 bridgehead atoms. The topological polar surface area (TPSA) is 44.5 Å². The fourth-order valence-electron chi connectivity index (χ4n) is 2.14. The third kappa shape index (κ3) is 2.00. The molecule has 1 aliphatic carbocycles. The fourth-order valence-corrected chi connectivity index (χ4v) is 2.14. The molecule has 3 rings (SSSR count). The van der Waals surface area contributed by atoms with Crippen molar-refractivity contribution in [2.24, 2.45) is 11.7 Å². The predicted octanol–water partition coefficient (Wildman–Crippen LogP) is 1.95. The van der Waals surface area contributed by atoms with Gasteiger partial charge in [0.25, 0.3) is 0 Å². The van der Waals surface area contributed by atoms with E-state index in [1.807, 2.05) is 24.3 Å². The van der Waals surface area contributed by atoms with Crippen molar-refractivity contribution >= 4 is 0 Å². The average Bonchev–Trinajstić information content (AvgIpc) is 3.12. The van der Waals surface area contributed by atoms with Crippen LogP contribution >= 0.6 is 0 Å². The van der Waals surface area contributed by atoms with Crippen molar-refractivity contribution in [3.8, 4) is 11.5 Å². The highest BCUT2D eigenvalue weighted by Crippen LogP contribution is 2.36. The van der Waals surface area contributed by atoms with Crippen LogP contribution < -0.4 is 15.2 Å². The van der Waals surface area contributed by atoms with Crippen LogP contribution in [0.15, 0.2) is 24.3 Å². The molecule has 3 nitrogen and oxygen atoms in total. The molecule has 0 amide bonds. The third-order valence-electron chi connectivity index (χ3n) is 3.31. The summed E-state index contributed by atoms with van der Waals surface area (Å²) in [4.78, 5) is 0. The summed E-state index contributed by atoms with van der Waals surface area (Å²) in [6, 6.07) is 7.87. The van der Waals surface area contributed by atoms with Gasteiger partial charge >= 0.3 is 0 Å². The first kappa shape index (κ1) is 9.97. The molecular weight excluding hydrogens is 202 g/mol. The minimum absolute atomic E-state index is 0.00972. The summed E-state index contributed by atoms with van der Waals surface area (Å²) in [6.07, 6.45) is 3.74. The number of ether oxygens (including phenoxy) is 2. The zero-order valence-electron chi connectivity index (χ0n) is 9.26. The van der Waals surface area contributed by atoms with Crippen LogP contribution in [-0.2, 0) is 0 Å². The highest BCUT2D eigenvalue weighted by atomic mass is 16.6. The van der Waals surface area contributed by atoms with E-state index in [4.69, 9.17) is 15.2 Å². The smallest absolute Gasteiger partial charge is 0.161 e. The second-order valence-corrected chi connectivity index (χ2v) is 4.76.